The van der Waals surface area contributed by atoms with E-state index in [-0.39, 0.29) is 12.0 Å². The van der Waals surface area contributed by atoms with Crippen LogP contribution in [0.4, 0.5) is 10.5 Å². The van der Waals surface area contributed by atoms with E-state index < -0.39 is 11.0 Å². The quantitative estimate of drug-likeness (QED) is 0.682. The smallest absolute Gasteiger partial charge is 0.410 e. The fourth-order valence-electron chi connectivity index (χ4n) is 2.78. The van der Waals surface area contributed by atoms with Gasteiger partial charge >= 0.3 is 6.09 Å². The summed E-state index contributed by atoms with van der Waals surface area (Å²) in [4.78, 5) is 25.9. The average molecular weight is 400 g/mol. The molecule has 1 spiro atoms. The maximum absolute atomic E-state index is 12.3. The minimum Gasteiger partial charge on any atom is -0.444 e. The molecule has 1 N–H and O–H groups in total. The molecule has 1 fully saturated rings. The number of fused-ring (bicyclic) bond motifs is 2. The van der Waals surface area contributed by atoms with Crippen LogP contribution in [0.5, 0.6) is 0 Å². The summed E-state index contributed by atoms with van der Waals surface area (Å²) >= 11 is 2.22. The van der Waals surface area contributed by atoms with Gasteiger partial charge in [0.05, 0.1) is 0 Å². The van der Waals surface area contributed by atoms with Crippen LogP contribution in [0.3, 0.4) is 0 Å². The van der Waals surface area contributed by atoms with Crippen LogP contribution in [0, 0.1) is 3.57 Å². The van der Waals surface area contributed by atoms with Gasteiger partial charge in [0.25, 0.3) is 0 Å². The maximum Gasteiger partial charge on any atom is 0.410 e. The Hall–Kier alpha value is -1.31. The number of carbonyl (C=O) groups is 2. The van der Waals surface area contributed by atoms with Crippen molar-refractivity contribution < 1.29 is 14.3 Å². The monoisotopic (exact) mass is 400 g/mol. The van der Waals surface area contributed by atoms with Crippen LogP contribution in [-0.2, 0) is 14.9 Å². The Morgan fingerprint density at radius 1 is 1.38 bits per heavy atom. The molecule has 21 heavy (non-hydrogen) atoms. The second-order valence-electron chi connectivity index (χ2n) is 6.56. The Kier molecular flexibility index (Phi) is 3.20. The third-order valence-corrected chi connectivity index (χ3v) is 4.42. The van der Waals surface area contributed by atoms with E-state index in [2.05, 4.69) is 27.9 Å². The molecule has 3 rings (SSSR count). The molecule has 1 aromatic carbocycles. The lowest BCUT2D eigenvalue weighted by Crippen LogP contribution is -2.64. The zero-order valence-electron chi connectivity index (χ0n) is 12.2. The number of likely N-dealkylation sites (tertiary alicyclic amines) is 1. The molecule has 2 amide bonds. The molecule has 0 atom stereocenters. The van der Waals surface area contributed by atoms with Gasteiger partial charge in [0.15, 0.2) is 0 Å². The fraction of sp³-hybridized carbons (Fsp3) is 0.467. The van der Waals surface area contributed by atoms with E-state index in [9.17, 15) is 9.59 Å². The molecule has 0 radical (unpaired) electrons. The molecule has 1 aromatic rings. The van der Waals surface area contributed by atoms with Crippen LogP contribution in [0.15, 0.2) is 18.2 Å². The predicted molar refractivity (Wildman–Crippen MR) is 87.3 cm³/mol. The van der Waals surface area contributed by atoms with Crippen molar-refractivity contribution in [3.8, 4) is 0 Å². The lowest BCUT2D eigenvalue weighted by Gasteiger charge is -2.46. The summed E-state index contributed by atoms with van der Waals surface area (Å²) in [5.41, 5.74) is 0.714. The number of benzene rings is 1. The van der Waals surface area contributed by atoms with Gasteiger partial charge in [-0.05, 0) is 61.1 Å². The minimum atomic E-state index is -0.601. The summed E-state index contributed by atoms with van der Waals surface area (Å²) in [5.74, 6) is -0.0284. The number of rotatable bonds is 0. The van der Waals surface area contributed by atoms with Gasteiger partial charge < -0.3 is 15.0 Å². The minimum absolute atomic E-state index is 0.0284. The largest absolute Gasteiger partial charge is 0.444 e. The summed E-state index contributed by atoms with van der Waals surface area (Å²) in [6.07, 6.45) is -0.361. The van der Waals surface area contributed by atoms with Gasteiger partial charge in [-0.2, -0.15) is 0 Å². The summed E-state index contributed by atoms with van der Waals surface area (Å²) in [6, 6.07) is 5.91. The fourth-order valence-corrected chi connectivity index (χ4v) is 3.27. The Labute approximate surface area is 137 Å². The van der Waals surface area contributed by atoms with Crippen molar-refractivity contribution in [2.45, 2.75) is 31.8 Å². The molecule has 0 aliphatic carbocycles. The Balaban J connectivity index is 1.78. The normalized spacial score (nSPS) is 19.0. The molecule has 0 bridgehead atoms. The lowest BCUT2D eigenvalue weighted by molar-refractivity contribution is -0.126. The first-order valence-electron chi connectivity index (χ1n) is 6.81. The number of hydrogen-bond acceptors (Lipinski definition) is 3. The van der Waals surface area contributed by atoms with E-state index >= 15 is 0 Å². The Morgan fingerprint density at radius 2 is 2.05 bits per heavy atom. The first-order valence-corrected chi connectivity index (χ1v) is 7.89. The highest BCUT2D eigenvalue weighted by atomic mass is 127. The van der Waals surface area contributed by atoms with Crippen molar-refractivity contribution in [1.82, 2.24) is 4.90 Å². The number of anilines is 1. The highest BCUT2D eigenvalue weighted by Gasteiger charge is 2.57. The molecular formula is C15H17IN2O3. The Morgan fingerprint density at radius 3 is 2.67 bits per heavy atom. The predicted octanol–water partition coefficient (Wildman–Crippen LogP) is 2.73. The molecular weight excluding hydrogens is 383 g/mol. The van der Waals surface area contributed by atoms with E-state index in [1.54, 1.807) is 4.90 Å². The average Bonchev–Trinajstić information content (AvgIpc) is 2.55. The molecule has 0 aromatic heterocycles. The van der Waals surface area contributed by atoms with Gasteiger partial charge in [0, 0.05) is 22.3 Å². The highest BCUT2D eigenvalue weighted by molar-refractivity contribution is 14.1. The second-order valence-corrected chi connectivity index (χ2v) is 7.81. The van der Waals surface area contributed by atoms with Crippen molar-refractivity contribution in [2.75, 3.05) is 18.4 Å². The zero-order chi connectivity index (χ0) is 15.4. The van der Waals surface area contributed by atoms with Crippen LogP contribution in [0.2, 0.25) is 0 Å². The number of carbonyl (C=O) groups excluding carboxylic acids is 2. The molecule has 2 heterocycles. The highest BCUT2D eigenvalue weighted by Crippen LogP contribution is 2.44. The van der Waals surface area contributed by atoms with Crippen molar-refractivity contribution in [2.24, 2.45) is 0 Å². The Bertz CT molecular complexity index is 630. The SMILES string of the molecule is CC(C)(C)OC(=O)N1CC2(C1)C(=O)Nc1cc(I)ccc12. The third kappa shape index (κ3) is 2.39. The molecule has 2 aliphatic heterocycles. The van der Waals surface area contributed by atoms with Crippen molar-refractivity contribution in [3.05, 3.63) is 27.3 Å². The number of halogens is 1. The van der Waals surface area contributed by atoms with Crippen LogP contribution < -0.4 is 5.32 Å². The lowest BCUT2D eigenvalue weighted by atomic mass is 9.75. The molecule has 6 heteroatoms. The second kappa shape index (κ2) is 4.59. The van der Waals surface area contributed by atoms with E-state index in [4.69, 9.17) is 4.74 Å². The van der Waals surface area contributed by atoms with Crippen LogP contribution >= 0.6 is 22.6 Å². The third-order valence-electron chi connectivity index (χ3n) is 3.75. The number of ether oxygens (including phenoxy) is 1. The van der Waals surface area contributed by atoms with E-state index in [0.717, 1.165) is 14.8 Å². The maximum atomic E-state index is 12.3. The van der Waals surface area contributed by atoms with Gasteiger partial charge in [-0.25, -0.2) is 4.79 Å². The van der Waals surface area contributed by atoms with Crippen molar-refractivity contribution >= 4 is 40.3 Å². The molecule has 2 aliphatic rings. The topological polar surface area (TPSA) is 58.6 Å². The van der Waals surface area contributed by atoms with Gasteiger partial charge in [-0.1, -0.05) is 6.07 Å². The van der Waals surface area contributed by atoms with Crippen molar-refractivity contribution in [1.29, 1.82) is 0 Å². The molecule has 112 valence electrons. The van der Waals surface area contributed by atoms with Gasteiger partial charge in [0.1, 0.15) is 11.0 Å². The summed E-state index contributed by atoms with van der Waals surface area (Å²) in [7, 11) is 0. The van der Waals surface area contributed by atoms with Gasteiger partial charge in [-0.3, -0.25) is 4.79 Å². The van der Waals surface area contributed by atoms with Gasteiger partial charge in [0.2, 0.25) is 5.91 Å². The number of hydrogen-bond donors (Lipinski definition) is 1. The first-order chi connectivity index (χ1) is 9.71. The van der Waals surface area contributed by atoms with Crippen LogP contribution in [-0.4, -0.2) is 35.6 Å². The van der Waals surface area contributed by atoms with E-state index in [1.807, 2.05) is 39.0 Å². The van der Waals surface area contributed by atoms with E-state index in [0.29, 0.717) is 13.1 Å². The number of amides is 2. The van der Waals surface area contributed by atoms with Crippen LogP contribution in [0.25, 0.3) is 0 Å². The number of nitrogens with one attached hydrogen (secondary N) is 1. The van der Waals surface area contributed by atoms with E-state index in [1.165, 1.54) is 0 Å². The van der Waals surface area contributed by atoms with Gasteiger partial charge in [-0.15, -0.1) is 0 Å². The number of nitrogens with zero attached hydrogens (tertiary/aromatic N) is 1. The van der Waals surface area contributed by atoms with Crippen LogP contribution in [0.1, 0.15) is 26.3 Å². The summed E-state index contributed by atoms with van der Waals surface area (Å²) in [6.45, 7) is 6.25. The first kappa shape index (κ1) is 14.6. The summed E-state index contributed by atoms with van der Waals surface area (Å²) in [5, 5.41) is 2.92. The zero-order valence-corrected chi connectivity index (χ0v) is 14.4. The molecule has 0 unspecified atom stereocenters. The van der Waals surface area contributed by atoms with Crippen molar-refractivity contribution in [3.63, 3.8) is 0 Å². The molecule has 1 saturated heterocycles. The standard InChI is InChI=1S/C15H17IN2O3/c1-14(2,3)21-13(20)18-7-15(8-18)10-5-4-9(16)6-11(10)17-12(15)19/h4-6H,7-8H2,1-3H3,(H,17,19). The summed E-state index contributed by atoms with van der Waals surface area (Å²) < 4.78 is 6.42. The molecule has 5 nitrogen and oxygen atoms in total. The molecule has 0 saturated carbocycles.